The summed E-state index contributed by atoms with van der Waals surface area (Å²) in [7, 11) is 2.82. The van der Waals surface area contributed by atoms with Crippen molar-refractivity contribution in [3.8, 4) is 0 Å². The minimum atomic E-state index is -0.537. The molecule has 30 heavy (non-hydrogen) atoms. The predicted octanol–water partition coefficient (Wildman–Crippen LogP) is 4.29. The van der Waals surface area contributed by atoms with Crippen molar-refractivity contribution in [3.05, 3.63) is 63.4 Å². The quantitative estimate of drug-likeness (QED) is 0.692. The van der Waals surface area contributed by atoms with E-state index < -0.39 is 6.09 Å². The molecule has 0 radical (unpaired) electrons. The zero-order chi connectivity index (χ0) is 21.8. The van der Waals surface area contributed by atoms with Crippen LogP contribution in [0.3, 0.4) is 0 Å². The number of nitrogens with zero attached hydrogens (tertiary/aromatic N) is 3. The van der Waals surface area contributed by atoms with Crippen LogP contribution in [0.2, 0.25) is 10.0 Å². The number of rotatable bonds is 4. The van der Waals surface area contributed by atoms with Gasteiger partial charge in [0, 0.05) is 38.8 Å². The molecule has 2 amide bonds. The van der Waals surface area contributed by atoms with E-state index in [1.165, 1.54) is 12.0 Å². The van der Waals surface area contributed by atoms with Gasteiger partial charge >= 0.3 is 6.09 Å². The second-order valence-corrected chi connectivity index (χ2v) is 7.77. The first-order chi connectivity index (χ1) is 14.3. The van der Waals surface area contributed by atoms with Crippen molar-refractivity contribution >= 4 is 40.9 Å². The van der Waals surface area contributed by atoms with E-state index in [0.717, 1.165) is 0 Å². The number of hydrogen-bond acceptors (Lipinski definition) is 4. The summed E-state index contributed by atoms with van der Waals surface area (Å²) in [6.45, 7) is 1.83. The molecule has 0 bridgehead atoms. The molecule has 0 aliphatic carbocycles. The zero-order valence-electron chi connectivity index (χ0n) is 16.7. The lowest BCUT2D eigenvalue weighted by Crippen LogP contribution is -2.49. The van der Waals surface area contributed by atoms with Gasteiger partial charge in [-0.15, -0.1) is 0 Å². The van der Waals surface area contributed by atoms with Crippen molar-refractivity contribution in [2.24, 2.45) is 0 Å². The maximum atomic E-state index is 15.1. The Balaban J connectivity index is 1.70. The number of amides is 2. The van der Waals surface area contributed by atoms with Crippen LogP contribution in [-0.4, -0.2) is 62.1 Å². The highest BCUT2D eigenvalue weighted by molar-refractivity contribution is 6.39. The average Bonchev–Trinajstić information content (AvgIpc) is 2.74. The van der Waals surface area contributed by atoms with E-state index >= 15 is 4.39 Å². The first-order valence-corrected chi connectivity index (χ1v) is 10.1. The van der Waals surface area contributed by atoms with E-state index in [1.807, 2.05) is 4.90 Å². The Bertz CT molecular complexity index is 929. The van der Waals surface area contributed by atoms with Crippen molar-refractivity contribution in [2.75, 3.05) is 45.2 Å². The number of halogens is 3. The molecule has 1 fully saturated rings. The van der Waals surface area contributed by atoms with Crippen molar-refractivity contribution in [3.63, 3.8) is 0 Å². The Hall–Kier alpha value is -2.51. The molecule has 1 aliphatic rings. The maximum Gasteiger partial charge on any atom is 0.409 e. The first kappa shape index (κ1) is 22.2. The summed E-state index contributed by atoms with van der Waals surface area (Å²) in [6.07, 6.45) is -0.537. The minimum absolute atomic E-state index is 0.0931. The van der Waals surface area contributed by atoms with Crippen molar-refractivity contribution < 1.29 is 18.7 Å². The first-order valence-electron chi connectivity index (χ1n) is 9.38. The highest BCUT2D eigenvalue weighted by Gasteiger charge is 2.27. The van der Waals surface area contributed by atoms with Gasteiger partial charge in [-0.05, 0) is 18.2 Å². The lowest BCUT2D eigenvalue weighted by atomic mass is 10.1. The summed E-state index contributed by atoms with van der Waals surface area (Å²) < 4.78 is 19.7. The number of piperazine rings is 1. The van der Waals surface area contributed by atoms with E-state index in [2.05, 4.69) is 4.74 Å². The third kappa shape index (κ3) is 4.63. The van der Waals surface area contributed by atoms with Gasteiger partial charge in [-0.1, -0.05) is 41.4 Å². The third-order valence-corrected chi connectivity index (χ3v) is 5.67. The van der Waals surface area contributed by atoms with Gasteiger partial charge in [-0.25, -0.2) is 9.18 Å². The molecule has 2 aromatic rings. The minimum Gasteiger partial charge on any atom is -0.453 e. The van der Waals surface area contributed by atoms with Gasteiger partial charge in [0.1, 0.15) is 0 Å². The summed E-state index contributed by atoms with van der Waals surface area (Å²) in [4.78, 5) is 29.3. The summed E-state index contributed by atoms with van der Waals surface area (Å²) in [5.74, 6) is -0.624. The summed E-state index contributed by atoms with van der Waals surface area (Å²) in [5.41, 5.74) is 1.11. The molecule has 1 aliphatic heterocycles. The van der Waals surface area contributed by atoms with E-state index in [9.17, 15) is 9.59 Å². The van der Waals surface area contributed by atoms with Gasteiger partial charge in [-0.3, -0.25) is 4.79 Å². The normalized spacial score (nSPS) is 13.9. The van der Waals surface area contributed by atoms with Gasteiger partial charge in [-0.2, -0.15) is 0 Å². The molecule has 0 atom stereocenters. The lowest BCUT2D eigenvalue weighted by molar-refractivity contribution is 0.0747. The SMILES string of the molecule is COC(=O)N(C)Cc1cccc(N2CCN(C(=O)c3c(Cl)cccc3Cl)CC2)c1F. The van der Waals surface area contributed by atoms with Crippen LogP contribution in [0.5, 0.6) is 0 Å². The topological polar surface area (TPSA) is 53.1 Å². The van der Waals surface area contributed by atoms with E-state index in [0.29, 0.717) is 47.5 Å². The molecule has 0 spiro atoms. The molecule has 0 aromatic heterocycles. The van der Waals surface area contributed by atoms with Gasteiger partial charge < -0.3 is 19.4 Å². The van der Waals surface area contributed by atoms with Gasteiger partial charge in [0.05, 0.1) is 35.0 Å². The van der Waals surface area contributed by atoms with E-state index in [1.54, 1.807) is 48.3 Å². The van der Waals surface area contributed by atoms with Gasteiger partial charge in [0.15, 0.2) is 5.82 Å². The van der Waals surface area contributed by atoms with Crippen LogP contribution in [0.15, 0.2) is 36.4 Å². The van der Waals surface area contributed by atoms with Crippen molar-refractivity contribution in [2.45, 2.75) is 6.54 Å². The van der Waals surface area contributed by atoms with E-state index in [-0.39, 0.29) is 23.8 Å². The molecule has 9 heteroatoms. The summed E-state index contributed by atoms with van der Waals surface area (Å²) in [5, 5.41) is 0.617. The molecule has 1 saturated heterocycles. The molecule has 0 unspecified atom stereocenters. The highest BCUT2D eigenvalue weighted by Crippen LogP contribution is 2.28. The Labute approximate surface area is 184 Å². The molecule has 6 nitrogen and oxygen atoms in total. The summed E-state index contributed by atoms with van der Waals surface area (Å²) in [6, 6.07) is 10.0. The van der Waals surface area contributed by atoms with Crippen LogP contribution < -0.4 is 4.90 Å². The van der Waals surface area contributed by atoms with Crippen molar-refractivity contribution in [1.29, 1.82) is 0 Å². The van der Waals surface area contributed by atoms with Gasteiger partial charge in [0.2, 0.25) is 0 Å². The van der Waals surface area contributed by atoms with Gasteiger partial charge in [0.25, 0.3) is 5.91 Å². The number of benzene rings is 2. The van der Waals surface area contributed by atoms with Crippen LogP contribution >= 0.6 is 23.2 Å². The average molecular weight is 454 g/mol. The molecule has 160 valence electrons. The molecule has 0 saturated carbocycles. The van der Waals surface area contributed by atoms with Crippen LogP contribution in [-0.2, 0) is 11.3 Å². The monoisotopic (exact) mass is 453 g/mol. The van der Waals surface area contributed by atoms with Crippen LogP contribution in [0.1, 0.15) is 15.9 Å². The lowest BCUT2D eigenvalue weighted by Gasteiger charge is -2.36. The summed E-state index contributed by atoms with van der Waals surface area (Å²) >= 11 is 12.3. The van der Waals surface area contributed by atoms with Crippen LogP contribution in [0.25, 0.3) is 0 Å². The third-order valence-electron chi connectivity index (χ3n) is 5.04. The second kappa shape index (κ2) is 9.53. The van der Waals surface area contributed by atoms with Crippen molar-refractivity contribution in [1.82, 2.24) is 9.80 Å². The number of carbonyl (C=O) groups is 2. The van der Waals surface area contributed by atoms with E-state index in [4.69, 9.17) is 23.2 Å². The molecular weight excluding hydrogens is 432 g/mol. The predicted molar refractivity (Wildman–Crippen MR) is 115 cm³/mol. The van der Waals surface area contributed by atoms with Crippen LogP contribution in [0, 0.1) is 5.82 Å². The number of carbonyl (C=O) groups excluding carboxylic acids is 2. The smallest absolute Gasteiger partial charge is 0.409 e. The maximum absolute atomic E-state index is 15.1. The largest absolute Gasteiger partial charge is 0.453 e. The standard InChI is InChI=1S/C21H22Cl2FN3O3/c1-25(21(29)30-2)13-14-5-3-8-17(19(14)24)26-9-11-27(12-10-26)20(28)18-15(22)6-4-7-16(18)23/h3-8H,9-13H2,1-2H3. The molecule has 1 heterocycles. The number of hydrogen-bond donors (Lipinski definition) is 0. The fourth-order valence-electron chi connectivity index (χ4n) is 3.42. The highest BCUT2D eigenvalue weighted by atomic mass is 35.5. The number of anilines is 1. The molecule has 2 aromatic carbocycles. The Morgan fingerprint density at radius 1 is 1.07 bits per heavy atom. The molecule has 0 N–H and O–H groups in total. The Morgan fingerprint density at radius 3 is 2.27 bits per heavy atom. The Kier molecular flexibility index (Phi) is 7.05. The number of ether oxygens (including phenoxy) is 1. The zero-order valence-corrected chi connectivity index (χ0v) is 18.2. The number of methoxy groups -OCH3 is 1. The second-order valence-electron chi connectivity index (χ2n) is 6.95. The Morgan fingerprint density at radius 2 is 1.67 bits per heavy atom. The van der Waals surface area contributed by atoms with Crippen LogP contribution in [0.4, 0.5) is 14.9 Å². The fourth-order valence-corrected chi connectivity index (χ4v) is 3.98. The molecule has 3 rings (SSSR count). The fraction of sp³-hybridized carbons (Fsp3) is 0.333. The molecular formula is C21H22Cl2FN3O3.